The van der Waals surface area contributed by atoms with Crippen LogP contribution in [0.2, 0.25) is 5.82 Å². The average Bonchev–Trinajstić information content (AvgIpc) is 3.04. The zero-order valence-electron chi connectivity index (χ0n) is 16.7. The maximum atomic E-state index is 12.5. The smallest absolute Gasteiger partial charge is 0.526 e. The summed E-state index contributed by atoms with van der Waals surface area (Å²) in [5.74, 6) is 0.345. The standard InChI is InChI=1S/C21H30BNO5/c1-13(2)12-27-21(25)19-5-3-4-15-10-16(22(26)28-20(15)19)11-18(24)9-14-6-7-17(23)8-14/h3-5,13-14,16-17,26H,6-12,23H2,1-2H3/t14?,16-,17?/m1/s1. The van der Waals surface area contributed by atoms with Gasteiger partial charge in [-0.3, -0.25) is 4.79 Å². The molecule has 1 aliphatic heterocycles. The summed E-state index contributed by atoms with van der Waals surface area (Å²) in [5, 5.41) is 10.4. The van der Waals surface area contributed by atoms with Crippen molar-refractivity contribution in [2.24, 2.45) is 17.6 Å². The molecule has 2 unspecified atom stereocenters. The molecule has 0 bridgehead atoms. The number of benzene rings is 1. The molecular weight excluding hydrogens is 357 g/mol. The zero-order valence-corrected chi connectivity index (χ0v) is 16.7. The van der Waals surface area contributed by atoms with Crippen LogP contribution in [0.3, 0.4) is 0 Å². The van der Waals surface area contributed by atoms with Gasteiger partial charge in [0.15, 0.2) is 0 Å². The number of fused-ring (bicyclic) bond motifs is 1. The Morgan fingerprint density at radius 3 is 2.79 bits per heavy atom. The largest absolute Gasteiger partial charge is 0.535 e. The van der Waals surface area contributed by atoms with Crippen molar-refractivity contribution in [1.29, 1.82) is 0 Å². The van der Waals surface area contributed by atoms with Crippen molar-refractivity contribution in [2.45, 2.75) is 64.2 Å². The SMILES string of the molecule is CC(C)COC(=O)c1cccc2c1OB(O)[C@@H](CC(=O)CC1CCC(N)C1)C2. The fourth-order valence-corrected chi connectivity index (χ4v) is 4.14. The van der Waals surface area contributed by atoms with Crippen LogP contribution in [0.15, 0.2) is 18.2 Å². The van der Waals surface area contributed by atoms with Crippen LogP contribution in [-0.4, -0.2) is 36.5 Å². The summed E-state index contributed by atoms with van der Waals surface area (Å²) in [7, 11) is -1.11. The molecule has 28 heavy (non-hydrogen) atoms. The molecule has 1 aliphatic carbocycles. The quantitative estimate of drug-likeness (QED) is 0.551. The van der Waals surface area contributed by atoms with Crippen LogP contribution in [0.5, 0.6) is 5.75 Å². The van der Waals surface area contributed by atoms with E-state index in [9.17, 15) is 14.6 Å². The molecule has 1 heterocycles. The topological polar surface area (TPSA) is 98.9 Å². The molecule has 3 N–H and O–H groups in total. The van der Waals surface area contributed by atoms with Crippen LogP contribution in [0, 0.1) is 11.8 Å². The van der Waals surface area contributed by atoms with Gasteiger partial charge in [-0.05, 0) is 49.1 Å². The number of ketones is 1. The lowest BCUT2D eigenvalue weighted by Gasteiger charge is -2.28. The second-order valence-corrected chi connectivity index (χ2v) is 8.64. The van der Waals surface area contributed by atoms with Crippen LogP contribution in [0.4, 0.5) is 0 Å². The Morgan fingerprint density at radius 2 is 2.11 bits per heavy atom. The normalized spacial score (nSPS) is 24.0. The van der Waals surface area contributed by atoms with Gasteiger partial charge in [-0.1, -0.05) is 26.0 Å². The number of hydrogen-bond donors (Lipinski definition) is 2. The minimum absolute atomic E-state index is 0.141. The fraction of sp³-hybridized carbons (Fsp3) is 0.619. The lowest BCUT2D eigenvalue weighted by atomic mass is 9.64. The summed E-state index contributed by atoms with van der Waals surface area (Å²) < 4.78 is 11.0. The number of Topliss-reactive ketones (excluding diaryl/α,β-unsaturated/α-hetero) is 1. The second-order valence-electron chi connectivity index (χ2n) is 8.64. The summed E-state index contributed by atoms with van der Waals surface area (Å²) in [5.41, 5.74) is 7.07. The van der Waals surface area contributed by atoms with Gasteiger partial charge in [-0.25, -0.2) is 4.79 Å². The summed E-state index contributed by atoms with van der Waals surface area (Å²) in [6.45, 7) is 4.26. The first-order valence-corrected chi connectivity index (χ1v) is 10.2. The van der Waals surface area contributed by atoms with Gasteiger partial charge in [0.2, 0.25) is 0 Å². The third kappa shape index (κ3) is 5.14. The van der Waals surface area contributed by atoms with Crippen LogP contribution in [0.25, 0.3) is 0 Å². The molecule has 0 saturated heterocycles. The van der Waals surface area contributed by atoms with Crippen LogP contribution < -0.4 is 10.4 Å². The highest BCUT2D eigenvalue weighted by molar-refractivity contribution is 6.47. The van der Waals surface area contributed by atoms with E-state index in [1.807, 2.05) is 19.9 Å². The van der Waals surface area contributed by atoms with Gasteiger partial charge in [0.1, 0.15) is 17.1 Å². The van der Waals surface area contributed by atoms with Gasteiger partial charge in [0, 0.05) is 24.7 Å². The Hall–Kier alpha value is -1.86. The molecule has 0 radical (unpaired) electrons. The van der Waals surface area contributed by atoms with E-state index in [1.165, 1.54) is 0 Å². The monoisotopic (exact) mass is 387 g/mol. The third-order valence-corrected chi connectivity index (χ3v) is 5.58. The van der Waals surface area contributed by atoms with Gasteiger partial charge < -0.3 is 20.1 Å². The van der Waals surface area contributed by atoms with E-state index in [-0.39, 0.29) is 30.0 Å². The van der Waals surface area contributed by atoms with Crippen LogP contribution >= 0.6 is 0 Å². The molecular formula is C21H30BNO5. The molecule has 6 nitrogen and oxygen atoms in total. The highest BCUT2D eigenvalue weighted by Gasteiger charge is 2.38. The van der Waals surface area contributed by atoms with Gasteiger partial charge in [-0.15, -0.1) is 0 Å². The second kappa shape index (κ2) is 9.10. The van der Waals surface area contributed by atoms with Gasteiger partial charge in [-0.2, -0.15) is 0 Å². The van der Waals surface area contributed by atoms with Crippen molar-refractivity contribution < 1.29 is 24.0 Å². The van der Waals surface area contributed by atoms with Crippen molar-refractivity contribution in [3.05, 3.63) is 29.3 Å². The van der Waals surface area contributed by atoms with Crippen molar-refractivity contribution in [3.63, 3.8) is 0 Å². The number of nitrogens with two attached hydrogens (primary N) is 1. The maximum absolute atomic E-state index is 12.5. The van der Waals surface area contributed by atoms with Crippen LogP contribution in [0.1, 0.15) is 61.9 Å². The number of para-hydroxylation sites is 1. The Labute approximate surface area is 166 Å². The van der Waals surface area contributed by atoms with Gasteiger partial charge in [0.25, 0.3) is 0 Å². The van der Waals surface area contributed by atoms with Crippen LogP contribution in [-0.2, 0) is 16.0 Å². The van der Waals surface area contributed by atoms with E-state index >= 15 is 0 Å². The Balaban J connectivity index is 1.63. The number of rotatable bonds is 7. The first-order valence-electron chi connectivity index (χ1n) is 10.2. The minimum Gasteiger partial charge on any atom is -0.535 e. The number of hydrogen-bond acceptors (Lipinski definition) is 6. The molecule has 0 aromatic heterocycles. The molecule has 152 valence electrons. The molecule has 3 rings (SSSR count). The summed E-state index contributed by atoms with van der Waals surface area (Å²) in [6.07, 6.45) is 4.18. The van der Waals surface area contributed by atoms with E-state index in [0.717, 1.165) is 24.8 Å². The highest BCUT2D eigenvalue weighted by Crippen LogP contribution is 2.37. The molecule has 1 aromatic carbocycles. The molecule has 1 saturated carbocycles. The molecule has 3 atom stereocenters. The lowest BCUT2D eigenvalue weighted by Crippen LogP contribution is -2.36. The predicted molar refractivity (Wildman–Crippen MR) is 107 cm³/mol. The fourth-order valence-electron chi connectivity index (χ4n) is 4.14. The lowest BCUT2D eigenvalue weighted by molar-refractivity contribution is -0.120. The Morgan fingerprint density at radius 1 is 1.32 bits per heavy atom. The number of carbonyl (C=O) groups is 2. The van der Waals surface area contributed by atoms with E-state index < -0.39 is 13.1 Å². The molecule has 7 heteroatoms. The average molecular weight is 387 g/mol. The summed E-state index contributed by atoms with van der Waals surface area (Å²) >= 11 is 0. The Kier molecular flexibility index (Phi) is 6.78. The maximum Gasteiger partial charge on any atom is 0.526 e. The summed E-state index contributed by atoms with van der Waals surface area (Å²) in [4.78, 5) is 24.8. The van der Waals surface area contributed by atoms with Gasteiger partial charge >= 0.3 is 13.1 Å². The van der Waals surface area contributed by atoms with Gasteiger partial charge in [0.05, 0.1) is 6.61 Å². The third-order valence-electron chi connectivity index (χ3n) is 5.58. The molecule has 0 spiro atoms. The van der Waals surface area contributed by atoms with Crippen molar-refractivity contribution in [3.8, 4) is 5.75 Å². The molecule has 1 aromatic rings. The van der Waals surface area contributed by atoms with E-state index in [2.05, 4.69) is 0 Å². The number of esters is 1. The number of carbonyl (C=O) groups excluding carboxylic acids is 2. The molecule has 1 fully saturated rings. The van der Waals surface area contributed by atoms with Crippen molar-refractivity contribution in [1.82, 2.24) is 0 Å². The highest BCUT2D eigenvalue weighted by atomic mass is 16.5. The van der Waals surface area contributed by atoms with Crippen molar-refractivity contribution >= 4 is 18.9 Å². The predicted octanol–water partition coefficient (Wildman–Crippen LogP) is 2.76. The first kappa shape index (κ1) is 20.9. The Bertz CT molecular complexity index is 723. The molecule has 0 amide bonds. The van der Waals surface area contributed by atoms with Crippen molar-refractivity contribution in [2.75, 3.05) is 6.61 Å². The summed E-state index contributed by atoms with van der Waals surface area (Å²) in [6, 6.07) is 5.50. The van der Waals surface area contributed by atoms with E-state index in [1.54, 1.807) is 12.1 Å². The first-order chi connectivity index (χ1) is 13.3. The van der Waals surface area contributed by atoms with E-state index in [4.69, 9.17) is 15.1 Å². The van der Waals surface area contributed by atoms with E-state index in [0.29, 0.717) is 36.7 Å². The molecule has 2 aliphatic rings. The minimum atomic E-state index is -1.11. The number of ether oxygens (including phenoxy) is 1. The zero-order chi connectivity index (χ0) is 20.3.